The Morgan fingerprint density at radius 1 is 1.20 bits per heavy atom. The second-order valence-corrected chi connectivity index (χ2v) is 7.59. The van der Waals surface area contributed by atoms with Crippen LogP contribution in [0, 0.1) is 13.8 Å². The second-order valence-electron chi connectivity index (χ2n) is 6.64. The molecule has 4 aromatic rings. The number of thiophene rings is 1. The number of aromatic nitrogens is 5. The SMILES string of the molecule is Cc1c(C)n(CCCN(C)C)c2ncn3nc(-c4cccs4)nc3c12. The predicted octanol–water partition coefficient (Wildman–Crippen LogP) is 3.38. The Morgan fingerprint density at radius 3 is 2.76 bits per heavy atom. The quantitative estimate of drug-likeness (QED) is 0.551. The second kappa shape index (κ2) is 6.24. The van der Waals surface area contributed by atoms with Gasteiger partial charge in [0.05, 0.1) is 10.3 Å². The van der Waals surface area contributed by atoms with Crippen molar-refractivity contribution in [2.75, 3.05) is 20.6 Å². The van der Waals surface area contributed by atoms with E-state index in [2.05, 4.69) is 48.6 Å². The summed E-state index contributed by atoms with van der Waals surface area (Å²) in [5.41, 5.74) is 4.39. The van der Waals surface area contributed by atoms with Crippen molar-refractivity contribution < 1.29 is 0 Å². The highest BCUT2D eigenvalue weighted by atomic mass is 32.1. The Labute approximate surface area is 150 Å². The van der Waals surface area contributed by atoms with Gasteiger partial charge in [0.15, 0.2) is 11.5 Å². The molecule has 0 amide bonds. The van der Waals surface area contributed by atoms with Crippen LogP contribution in [-0.4, -0.2) is 49.7 Å². The van der Waals surface area contributed by atoms with Crippen LogP contribution < -0.4 is 0 Å². The minimum Gasteiger partial charge on any atom is -0.329 e. The Balaban J connectivity index is 1.84. The summed E-state index contributed by atoms with van der Waals surface area (Å²) in [7, 11) is 4.21. The fourth-order valence-electron chi connectivity index (χ4n) is 3.26. The minimum atomic E-state index is 0.765. The van der Waals surface area contributed by atoms with E-state index in [1.54, 1.807) is 22.2 Å². The van der Waals surface area contributed by atoms with Crippen molar-refractivity contribution in [2.24, 2.45) is 0 Å². The van der Waals surface area contributed by atoms with E-state index < -0.39 is 0 Å². The van der Waals surface area contributed by atoms with Crippen LogP contribution in [0.5, 0.6) is 0 Å². The number of hydrogen-bond donors (Lipinski definition) is 0. The Kier molecular flexibility index (Phi) is 4.05. The lowest BCUT2D eigenvalue weighted by Gasteiger charge is -2.11. The number of rotatable bonds is 5. The molecular formula is C18H22N6S. The van der Waals surface area contributed by atoms with Gasteiger partial charge in [0.1, 0.15) is 12.0 Å². The van der Waals surface area contributed by atoms with Gasteiger partial charge in [-0.15, -0.1) is 16.4 Å². The Bertz CT molecular complexity index is 1030. The zero-order valence-electron chi connectivity index (χ0n) is 15.0. The van der Waals surface area contributed by atoms with E-state index in [4.69, 9.17) is 9.97 Å². The topological polar surface area (TPSA) is 51.2 Å². The van der Waals surface area contributed by atoms with E-state index in [0.29, 0.717) is 0 Å². The number of aryl methyl sites for hydroxylation is 2. The van der Waals surface area contributed by atoms with Crippen molar-refractivity contribution in [2.45, 2.75) is 26.8 Å². The molecule has 0 atom stereocenters. The van der Waals surface area contributed by atoms with Gasteiger partial charge in [0.2, 0.25) is 0 Å². The summed E-state index contributed by atoms with van der Waals surface area (Å²) in [6.45, 7) is 6.35. The highest BCUT2D eigenvalue weighted by Gasteiger charge is 2.18. The first-order chi connectivity index (χ1) is 12.1. The molecular weight excluding hydrogens is 332 g/mol. The van der Waals surface area contributed by atoms with Gasteiger partial charge in [-0.3, -0.25) is 0 Å². The lowest BCUT2D eigenvalue weighted by molar-refractivity contribution is 0.387. The van der Waals surface area contributed by atoms with Gasteiger partial charge in [0.25, 0.3) is 0 Å². The molecule has 0 saturated carbocycles. The van der Waals surface area contributed by atoms with E-state index in [0.717, 1.165) is 46.9 Å². The first-order valence-electron chi connectivity index (χ1n) is 8.45. The summed E-state index contributed by atoms with van der Waals surface area (Å²) < 4.78 is 4.11. The molecule has 7 heteroatoms. The third-order valence-electron chi connectivity index (χ3n) is 4.67. The summed E-state index contributed by atoms with van der Waals surface area (Å²) >= 11 is 1.65. The van der Waals surface area contributed by atoms with Crippen molar-refractivity contribution in [3.63, 3.8) is 0 Å². The van der Waals surface area contributed by atoms with Crippen molar-refractivity contribution in [1.82, 2.24) is 29.0 Å². The van der Waals surface area contributed by atoms with Gasteiger partial charge in [-0.1, -0.05) is 6.07 Å². The number of hydrogen-bond acceptors (Lipinski definition) is 5. The lowest BCUT2D eigenvalue weighted by Crippen LogP contribution is -2.15. The minimum absolute atomic E-state index is 0.765. The van der Waals surface area contributed by atoms with Crippen molar-refractivity contribution in [1.29, 1.82) is 0 Å². The Hall–Kier alpha value is -2.25. The third-order valence-corrected chi connectivity index (χ3v) is 5.54. The predicted molar refractivity (Wildman–Crippen MR) is 102 cm³/mol. The number of nitrogens with zero attached hydrogens (tertiary/aromatic N) is 6. The van der Waals surface area contributed by atoms with E-state index in [-0.39, 0.29) is 0 Å². The molecule has 4 aromatic heterocycles. The zero-order chi connectivity index (χ0) is 17.6. The molecule has 0 unspecified atom stereocenters. The highest BCUT2D eigenvalue weighted by molar-refractivity contribution is 7.13. The first kappa shape index (κ1) is 16.2. The maximum absolute atomic E-state index is 4.81. The molecule has 0 fully saturated rings. The lowest BCUT2D eigenvalue weighted by atomic mass is 10.2. The van der Waals surface area contributed by atoms with E-state index in [1.165, 1.54) is 11.3 Å². The van der Waals surface area contributed by atoms with Crippen molar-refractivity contribution in [3.8, 4) is 10.7 Å². The standard InChI is InChI=1S/C18H22N6S/c1-12-13(2)23(9-6-8-22(3)4)17-15(12)18-20-16(14-7-5-10-25-14)21-24(18)11-19-17/h5,7,10-11H,6,8-9H2,1-4H3. The van der Waals surface area contributed by atoms with E-state index >= 15 is 0 Å². The van der Waals surface area contributed by atoms with Crippen molar-refractivity contribution >= 4 is 28.0 Å². The van der Waals surface area contributed by atoms with Gasteiger partial charge < -0.3 is 9.47 Å². The molecule has 4 heterocycles. The van der Waals surface area contributed by atoms with Gasteiger partial charge in [-0.05, 0) is 57.9 Å². The van der Waals surface area contributed by atoms with Gasteiger partial charge in [-0.2, -0.15) is 0 Å². The molecule has 4 rings (SSSR count). The fraction of sp³-hybridized carbons (Fsp3) is 0.389. The first-order valence-corrected chi connectivity index (χ1v) is 9.33. The molecule has 0 radical (unpaired) electrons. The third kappa shape index (κ3) is 2.73. The van der Waals surface area contributed by atoms with Crippen LogP contribution >= 0.6 is 11.3 Å². The molecule has 0 bridgehead atoms. The van der Waals surface area contributed by atoms with Crippen LogP contribution in [0.15, 0.2) is 23.8 Å². The fourth-order valence-corrected chi connectivity index (χ4v) is 3.91. The van der Waals surface area contributed by atoms with Gasteiger partial charge in [-0.25, -0.2) is 14.5 Å². The smallest absolute Gasteiger partial charge is 0.192 e. The summed E-state index contributed by atoms with van der Waals surface area (Å²) in [6.07, 6.45) is 2.88. The van der Waals surface area contributed by atoms with Crippen LogP contribution in [0.2, 0.25) is 0 Å². The van der Waals surface area contributed by atoms with Crippen LogP contribution in [0.1, 0.15) is 17.7 Å². The van der Waals surface area contributed by atoms with Crippen LogP contribution in [-0.2, 0) is 6.54 Å². The van der Waals surface area contributed by atoms with E-state index in [1.807, 2.05) is 11.4 Å². The molecule has 0 N–H and O–H groups in total. The molecule has 0 aliphatic rings. The molecule has 130 valence electrons. The van der Waals surface area contributed by atoms with Crippen LogP contribution in [0.3, 0.4) is 0 Å². The molecule has 0 spiro atoms. The average molecular weight is 354 g/mol. The monoisotopic (exact) mass is 354 g/mol. The van der Waals surface area contributed by atoms with E-state index in [9.17, 15) is 0 Å². The maximum Gasteiger partial charge on any atom is 0.192 e. The molecule has 0 aromatic carbocycles. The summed E-state index contributed by atoms with van der Waals surface area (Å²) in [6, 6.07) is 4.07. The summed E-state index contributed by atoms with van der Waals surface area (Å²) in [5.74, 6) is 0.765. The molecule has 0 saturated heterocycles. The van der Waals surface area contributed by atoms with Crippen LogP contribution in [0.25, 0.3) is 27.4 Å². The van der Waals surface area contributed by atoms with Gasteiger partial charge in [0, 0.05) is 12.2 Å². The Morgan fingerprint density at radius 2 is 2.04 bits per heavy atom. The maximum atomic E-state index is 4.81. The highest BCUT2D eigenvalue weighted by Crippen LogP contribution is 2.29. The summed E-state index contributed by atoms with van der Waals surface area (Å²) in [5, 5.41) is 7.77. The molecule has 25 heavy (non-hydrogen) atoms. The molecule has 6 nitrogen and oxygen atoms in total. The summed E-state index contributed by atoms with van der Waals surface area (Å²) in [4.78, 5) is 12.8. The molecule has 0 aliphatic heterocycles. The average Bonchev–Trinajstić information content (AvgIpc) is 3.28. The number of fused-ring (bicyclic) bond motifs is 3. The van der Waals surface area contributed by atoms with Gasteiger partial charge >= 0.3 is 0 Å². The van der Waals surface area contributed by atoms with Crippen molar-refractivity contribution in [3.05, 3.63) is 35.1 Å². The molecule has 0 aliphatic carbocycles. The van der Waals surface area contributed by atoms with Crippen LogP contribution in [0.4, 0.5) is 0 Å². The normalized spacial score (nSPS) is 12.0. The largest absolute Gasteiger partial charge is 0.329 e. The zero-order valence-corrected chi connectivity index (χ0v) is 15.8.